The molecule has 1 aromatic heterocycles. The summed E-state index contributed by atoms with van der Waals surface area (Å²) in [5, 5.41) is 10.8. The maximum atomic E-state index is 13.4. The van der Waals surface area contributed by atoms with Crippen LogP contribution in [0, 0.1) is 6.92 Å². The van der Waals surface area contributed by atoms with E-state index in [-0.39, 0.29) is 30.1 Å². The third kappa shape index (κ3) is 6.50. The average molecular weight is 478 g/mol. The van der Waals surface area contributed by atoms with Crippen LogP contribution in [-0.2, 0) is 30.3 Å². The van der Waals surface area contributed by atoms with Crippen LogP contribution in [0.4, 0.5) is 0 Å². The Morgan fingerprint density at radius 1 is 1.03 bits per heavy atom. The first-order valence-corrected chi connectivity index (χ1v) is 10.6. The number of aromatic nitrogens is 1. The van der Waals surface area contributed by atoms with Crippen LogP contribution in [0.25, 0.3) is 0 Å². The molecule has 0 saturated carbocycles. The number of nitrogens with zero attached hydrogens (tertiary/aromatic N) is 1. The number of carbonyl (C=O) groups is 2. The molecule has 1 unspecified atom stereocenters. The van der Waals surface area contributed by atoms with E-state index in [0.717, 1.165) is 0 Å². The van der Waals surface area contributed by atoms with E-state index >= 15 is 0 Å². The summed E-state index contributed by atoms with van der Waals surface area (Å²) in [6.45, 7) is 2.21. The number of hydrogen-bond acceptors (Lipinski definition) is 9. The Kier molecular flexibility index (Phi) is 9.93. The summed E-state index contributed by atoms with van der Waals surface area (Å²) < 4.78 is 26.9. The second-order valence-electron chi connectivity index (χ2n) is 7.50. The number of benzene rings is 1. The zero-order valence-corrected chi connectivity index (χ0v) is 20.1. The first-order chi connectivity index (χ1) is 16.3. The predicted octanol–water partition coefficient (Wildman–Crippen LogP) is 2.15. The van der Waals surface area contributed by atoms with Crippen molar-refractivity contribution in [2.24, 2.45) is 0 Å². The minimum absolute atomic E-state index is 0.0532. The van der Waals surface area contributed by atoms with Crippen LogP contribution in [-0.4, -0.2) is 63.3 Å². The van der Waals surface area contributed by atoms with Crippen LogP contribution in [0.2, 0.25) is 0 Å². The van der Waals surface area contributed by atoms with Gasteiger partial charge in [-0.1, -0.05) is 6.07 Å². The number of methoxy groups -OCH3 is 4. The van der Waals surface area contributed by atoms with E-state index in [2.05, 4.69) is 4.74 Å². The first-order valence-electron chi connectivity index (χ1n) is 10.6. The number of esters is 2. The van der Waals surface area contributed by atoms with Gasteiger partial charge in [0.1, 0.15) is 5.75 Å². The van der Waals surface area contributed by atoms with Crippen molar-refractivity contribution in [2.75, 3.05) is 41.7 Å². The van der Waals surface area contributed by atoms with Crippen molar-refractivity contribution in [3.8, 4) is 17.2 Å². The minimum Gasteiger partial charge on any atom is -0.507 e. The van der Waals surface area contributed by atoms with Crippen LogP contribution >= 0.6 is 0 Å². The van der Waals surface area contributed by atoms with Crippen LogP contribution in [0.15, 0.2) is 29.1 Å². The Balaban J connectivity index is 2.61. The molecule has 0 saturated heterocycles. The summed E-state index contributed by atoms with van der Waals surface area (Å²) in [7, 11) is 5.50. The lowest BCUT2D eigenvalue weighted by atomic mass is 9.88. The summed E-state index contributed by atoms with van der Waals surface area (Å²) in [6, 6.07) is 6.30. The van der Waals surface area contributed by atoms with Crippen molar-refractivity contribution >= 4 is 11.9 Å². The smallest absolute Gasteiger partial charge is 0.343 e. The number of pyridine rings is 1. The Hall–Kier alpha value is -3.53. The largest absolute Gasteiger partial charge is 0.507 e. The van der Waals surface area contributed by atoms with Crippen molar-refractivity contribution in [2.45, 2.75) is 32.2 Å². The number of ether oxygens (including phenoxy) is 5. The fraction of sp³-hybridized carbons (Fsp3) is 0.458. The second kappa shape index (κ2) is 12.6. The van der Waals surface area contributed by atoms with E-state index in [1.165, 1.54) is 32.0 Å². The Morgan fingerprint density at radius 2 is 1.74 bits per heavy atom. The molecule has 1 heterocycles. The van der Waals surface area contributed by atoms with Crippen LogP contribution in [0.5, 0.6) is 17.2 Å². The van der Waals surface area contributed by atoms with Gasteiger partial charge in [0.15, 0.2) is 18.1 Å². The lowest BCUT2D eigenvalue weighted by molar-refractivity contribution is -0.143. The highest BCUT2D eigenvalue weighted by molar-refractivity contribution is 5.72. The van der Waals surface area contributed by atoms with E-state index in [0.29, 0.717) is 36.6 Å². The standard InChI is InChI=1S/C24H31NO9/c1-15-11-18(26)23(24(29)25(15)9-6-10-30-2)17(13-21(27)32-4)16-7-8-19(31-3)20(12-16)34-14-22(28)33-5/h7-8,11-12,17,26H,6,9-10,13-14H2,1-5H3. The lowest BCUT2D eigenvalue weighted by Crippen LogP contribution is -2.29. The Bertz CT molecular complexity index is 1060. The zero-order chi connectivity index (χ0) is 25.3. The van der Waals surface area contributed by atoms with E-state index in [9.17, 15) is 19.5 Å². The van der Waals surface area contributed by atoms with Crippen molar-refractivity contribution in [3.63, 3.8) is 0 Å². The third-order valence-electron chi connectivity index (χ3n) is 5.36. The quantitative estimate of drug-likeness (QED) is 0.362. The van der Waals surface area contributed by atoms with Crippen molar-refractivity contribution in [3.05, 3.63) is 51.4 Å². The molecular weight excluding hydrogens is 446 g/mol. The molecule has 34 heavy (non-hydrogen) atoms. The summed E-state index contributed by atoms with van der Waals surface area (Å²) in [6.07, 6.45) is 0.389. The molecule has 0 fully saturated rings. The molecule has 0 aliphatic carbocycles. The molecule has 0 aliphatic rings. The highest BCUT2D eigenvalue weighted by Crippen LogP contribution is 2.37. The molecule has 0 bridgehead atoms. The summed E-state index contributed by atoms with van der Waals surface area (Å²) >= 11 is 0. The highest BCUT2D eigenvalue weighted by Gasteiger charge is 2.27. The molecule has 1 aromatic carbocycles. The average Bonchev–Trinajstić information content (AvgIpc) is 2.83. The molecule has 1 atom stereocenters. The number of aryl methyl sites for hydroxylation is 1. The Labute approximate surface area is 198 Å². The normalized spacial score (nSPS) is 11.6. The van der Waals surface area contributed by atoms with Gasteiger partial charge in [0.2, 0.25) is 0 Å². The van der Waals surface area contributed by atoms with Crippen LogP contribution in [0.1, 0.15) is 35.6 Å². The molecule has 0 aliphatic heterocycles. The van der Waals surface area contributed by atoms with E-state index < -0.39 is 23.4 Å². The predicted molar refractivity (Wildman–Crippen MR) is 123 cm³/mol. The SMILES string of the molecule is COCCCn1c(C)cc(O)c(C(CC(=O)OC)c2ccc(OC)c(OCC(=O)OC)c2)c1=O. The van der Waals surface area contributed by atoms with Gasteiger partial charge in [-0.2, -0.15) is 0 Å². The molecule has 2 rings (SSSR count). The first kappa shape index (κ1) is 26.7. The monoisotopic (exact) mass is 477 g/mol. The van der Waals surface area contributed by atoms with Gasteiger partial charge in [-0.25, -0.2) is 4.79 Å². The van der Waals surface area contributed by atoms with Gasteiger partial charge in [-0.05, 0) is 37.1 Å². The molecule has 10 nitrogen and oxygen atoms in total. The van der Waals surface area contributed by atoms with Crippen molar-refractivity contribution < 1.29 is 38.4 Å². The molecule has 0 amide bonds. The zero-order valence-electron chi connectivity index (χ0n) is 20.1. The summed E-state index contributed by atoms with van der Waals surface area (Å²) in [4.78, 5) is 37.3. The van der Waals surface area contributed by atoms with Crippen molar-refractivity contribution in [1.29, 1.82) is 0 Å². The van der Waals surface area contributed by atoms with Gasteiger partial charge >= 0.3 is 11.9 Å². The Morgan fingerprint density at radius 3 is 2.35 bits per heavy atom. The van der Waals surface area contributed by atoms with E-state index in [4.69, 9.17) is 18.9 Å². The summed E-state index contributed by atoms with van der Waals surface area (Å²) in [5.74, 6) is -1.67. The van der Waals surface area contributed by atoms with Crippen LogP contribution < -0.4 is 15.0 Å². The lowest BCUT2D eigenvalue weighted by Gasteiger charge is -2.21. The fourth-order valence-electron chi connectivity index (χ4n) is 3.60. The second-order valence-corrected chi connectivity index (χ2v) is 7.50. The number of carbonyl (C=O) groups excluding carboxylic acids is 2. The summed E-state index contributed by atoms with van der Waals surface area (Å²) in [5.41, 5.74) is 0.703. The molecule has 1 N–H and O–H groups in total. The van der Waals surface area contributed by atoms with Gasteiger partial charge in [0.05, 0.1) is 33.3 Å². The molecule has 10 heteroatoms. The minimum atomic E-state index is -0.847. The number of aromatic hydroxyl groups is 1. The van der Waals surface area contributed by atoms with Gasteiger partial charge in [0.25, 0.3) is 5.56 Å². The van der Waals surface area contributed by atoms with Crippen LogP contribution in [0.3, 0.4) is 0 Å². The topological polar surface area (TPSA) is 123 Å². The number of rotatable bonds is 12. The molecular formula is C24H31NO9. The molecule has 2 aromatic rings. The molecule has 0 radical (unpaired) electrons. The van der Waals surface area contributed by atoms with Gasteiger partial charge in [-0.3, -0.25) is 9.59 Å². The van der Waals surface area contributed by atoms with Gasteiger partial charge in [0, 0.05) is 31.9 Å². The van der Waals surface area contributed by atoms with Crippen molar-refractivity contribution in [1.82, 2.24) is 4.57 Å². The van der Waals surface area contributed by atoms with E-state index in [1.807, 2.05) is 0 Å². The molecule has 0 spiro atoms. The maximum Gasteiger partial charge on any atom is 0.343 e. The van der Waals surface area contributed by atoms with E-state index in [1.54, 1.807) is 32.2 Å². The highest BCUT2D eigenvalue weighted by atomic mass is 16.6. The molecule has 186 valence electrons. The third-order valence-corrected chi connectivity index (χ3v) is 5.36. The van der Waals surface area contributed by atoms with Gasteiger partial charge < -0.3 is 33.4 Å². The fourth-order valence-corrected chi connectivity index (χ4v) is 3.60. The number of hydrogen-bond donors (Lipinski definition) is 1. The maximum absolute atomic E-state index is 13.4. The van der Waals surface area contributed by atoms with Gasteiger partial charge in [-0.15, -0.1) is 0 Å².